The van der Waals surface area contributed by atoms with Gasteiger partial charge in [0.25, 0.3) is 0 Å². The molecule has 2 N–H and O–H groups in total. The highest BCUT2D eigenvalue weighted by atomic mass is 32.1. The molecule has 1 fully saturated rings. The van der Waals surface area contributed by atoms with E-state index in [1.807, 2.05) is 35.3 Å². The normalized spacial score (nSPS) is 15.8. The Hall–Kier alpha value is -2.64. The molecule has 1 aromatic carbocycles. The molecule has 31 heavy (non-hydrogen) atoms. The van der Waals surface area contributed by atoms with Crippen LogP contribution in [-0.4, -0.2) is 53.9 Å². The van der Waals surface area contributed by atoms with Gasteiger partial charge in [0.1, 0.15) is 0 Å². The van der Waals surface area contributed by atoms with Crippen molar-refractivity contribution in [1.82, 2.24) is 25.3 Å². The largest absolute Gasteiger partial charge is 0.356 e. The number of benzene rings is 1. The van der Waals surface area contributed by atoms with Crippen LogP contribution in [0.25, 0.3) is 5.69 Å². The first-order chi connectivity index (χ1) is 15.3. The summed E-state index contributed by atoms with van der Waals surface area (Å²) in [5.41, 5.74) is 2.39. The van der Waals surface area contributed by atoms with E-state index in [0.29, 0.717) is 5.92 Å². The third-order valence-electron chi connectivity index (χ3n) is 5.86. The second kappa shape index (κ2) is 11.1. The summed E-state index contributed by atoms with van der Waals surface area (Å²) in [6.07, 6.45) is 7.21. The van der Waals surface area contributed by atoms with Crippen molar-refractivity contribution < 1.29 is 0 Å². The smallest absolute Gasteiger partial charge is 0.190 e. The van der Waals surface area contributed by atoms with Gasteiger partial charge in [-0.15, -0.1) is 11.3 Å². The number of hydrogen-bond acceptors (Lipinski definition) is 4. The minimum Gasteiger partial charge on any atom is -0.356 e. The molecule has 3 aromatic rings. The Labute approximate surface area is 189 Å². The van der Waals surface area contributed by atoms with Gasteiger partial charge in [0.15, 0.2) is 5.96 Å². The van der Waals surface area contributed by atoms with Crippen LogP contribution in [0.4, 0.5) is 0 Å². The Morgan fingerprint density at radius 3 is 2.65 bits per heavy atom. The van der Waals surface area contributed by atoms with Gasteiger partial charge in [-0.05, 0) is 73.5 Å². The topological polar surface area (TPSA) is 57.5 Å². The lowest BCUT2D eigenvalue weighted by Gasteiger charge is -2.32. The molecule has 1 aliphatic heterocycles. The number of hydrogen-bond donors (Lipinski definition) is 2. The summed E-state index contributed by atoms with van der Waals surface area (Å²) < 4.78 is 1.88. The van der Waals surface area contributed by atoms with Crippen molar-refractivity contribution >= 4 is 17.3 Å². The predicted octanol–water partition coefficient (Wildman–Crippen LogP) is 3.55. The molecule has 0 bridgehead atoms. The van der Waals surface area contributed by atoms with Crippen molar-refractivity contribution in [1.29, 1.82) is 0 Å². The van der Waals surface area contributed by atoms with Gasteiger partial charge in [-0.1, -0.05) is 18.2 Å². The van der Waals surface area contributed by atoms with Crippen molar-refractivity contribution in [2.75, 3.05) is 33.2 Å². The van der Waals surface area contributed by atoms with E-state index in [1.165, 1.54) is 36.4 Å². The first-order valence-corrected chi connectivity index (χ1v) is 12.0. The van der Waals surface area contributed by atoms with Crippen LogP contribution in [-0.2, 0) is 13.0 Å². The molecule has 0 atom stereocenters. The van der Waals surface area contributed by atoms with Crippen LogP contribution in [0.2, 0.25) is 0 Å². The Balaban J connectivity index is 1.13. The fraction of sp³-hybridized carbons (Fsp3) is 0.417. The van der Waals surface area contributed by atoms with Gasteiger partial charge >= 0.3 is 0 Å². The second-order valence-corrected chi connectivity index (χ2v) is 9.08. The van der Waals surface area contributed by atoms with Crippen LogP contribution >= 0.6 is 11.3 Å². The molecule has 1 saturated heterocycles. The van der Waals surface area contributed by atoms with E-state index < -0.39 is 0 Å². The third-order valence-corrected chi connectivity index (χ3v) is 6.72. The van der Waals surface area contributed by atoms with E-state index in [0.717, 1.165) is 37.7 Å². The molecule has 3 heterocycles. The lowest BCUT2D eigenvalue weighted by atomic mass is 9.97. The molecule has 0 saturated carbocycles. The number of aromatic nitrogens is 2. The Morgan fingerprint density at radius 1 is 1.13 bits per heavy atom. The first-order valence-electron chi connectivity index (χ1n) is 11.1. The minimum absolute atomic E-state index is 0.716. The summed E-state index contributed by atoms with van der Waals surface area (Å²) in [5.74, 6) is 1.61. The molecule has 0 amide bonds. The molecule has 164 valence electrons. The Bertz CT molecular complexity index is 910. The standard InChI is InChI=1S/C24H32N6S/c1-25-24(26-13-9-20-5-7-22(8-6-20)30-14-3-12-28-30)27-18-21-10-15-29(16-11-21)19-23-4-2-17-31-23/h2-8,12,14,17,21H,9-11,13,15-16,18-19H2,1H3,(H2,25,26,27). The van der Waals surface area contributed by atoms with E-state index in [2.05, 4.69) is 67.4 Å². The predicted molar refractivity (Wildman–Crippen MR) is 129 cm³/mol. The molecule has 2 aromatic heterocycles. The molecule has 0 spiro atoms. The number of rotatable bonds is 8. The zero-order chi connectivity index (χ0) is 21.3. The maximum Gasteiger partial charge on any atom is 0.190 e. The van der Waals surface area contributed by atoms with E-state index in [4.69, 9.17) is 0 Å². The summed E-state index contributed by atoms with van der Waals surface area (Å²) in [6.45, 7) is 5.32. The van der Waals surface area contributed by atoms with Crippen molar-refractivity contribution in [3.63, 3.8) is 0 Å². The molecule has 7 heteroatoms. The SMILES string of the molecule is CN=C(NCCc1ccc(-n2cccn2)cc1)NCC1CCN(Cc2cccs2)CC1. The quantitative estimate of drug-likeness (QED) is 0.419. The van der Waals surface area contributed by atoms with Crippen LogP contribution in [0, 0.1) is 5.92 Å². The number of nitrogens with zero attached hydrogens (tertiary/aromatic N) is 4. The van der Waals surface area contributed by atoms with E-state index in [1.54, 1.807) is 6.20 Å². The van der Waals surface area contributed by atoms with Gasteiger partial charge in [0.2, 0.25) is 0 Å². The van der Waals surface area contributed by atoms with Gasteiger partial charge in [-0.25, -0.2) is 4.68 Å². The lowest BCUT2D eigenvalue weighted by Crippen LogP contribution is -2.43. The van der Waals surface area contributed by atoms with Crippen LogP contribution in [0.1, 0.15) is 23.3 Å². The number of thiophene rings is 1. The van der Waals surface area contributed by atoms with Gasteiger partial charge < -0.3 is 10.6 Å². The molecule has 0 radical (unpaired) electrons. The van der Waals surface area contributed by atoms with Gasteiger partial charge in [0.05, 0.1) is 5.69 Å². The number of likely N-dealkylation sites (tertiary alicyclic amines) is 1. The van der Waals surface area contributed by atoms with Crippen molar-refractivity contribution in [3.05, 3.63) is 70.7 Å². The van der Waals surface area contributed by atoms with Crippen LogP contribution in [0.5, 0.6) is 0 Å². The van der Waals surface area contributed by atoms with Crippen LogP contribution < -0.4 is 10.6 Å². The summed E-state index contributed by atoms with van der Waals surface area (Å²) in [5, 5.41) is 13.4. The number of guanidine groups is 1. The molecular weight excluding hydrogens is 404 g/mol. The molecule has 6 nitrogen and oxygen atoms in total. The summed E-state index contributed by atoms with van der Waals surface area (Å²) in [7, 11) is 1.85. The summed E-state index contributed by atoms with van der Waals surface area (Å²) in [4.78, 5) is 8.44. The fourth-order valence-corrected chi connectivity index (χ4v) is 4.74. The van der Waals surface area contributed by atoms with Gasteiger partial charge in [-0.3, -0.25) is 9.89 Å². The first kappa shape index (κ1) is 21.6. The number of piperidine rings is 1. The van der Waals surface area contributed by atoms with Crippen LogP contribution in [0.3, 0.4) is 0 Å². The number of aliphatic imine (C=N–C) groups is 1. The van der Waals surface area contributed by atoms with E-state index >= 15 is 0 Å². The minimum atomic E-state index is 0.716. The van der Waals surface area contributed by atoms with Crippen molar-refractivity contribution in [2.45, 2.75) is 25.8 Å². The number of nitrogens with one attached hydrogen (secondary N) is 2. The lowest BCUT2D eigenvalue weighted by molar-refractivity contribution is 0.179. The third kappa shape index (κ3) is 6.42. The zero-order valence-electron chi connectivity index (χ0n) is 18.2. The molecule has 1 aliphatic rings. The average Bonchev–Trinajstić information content (AvgIpc) is 3.52. The molecule has 4 rings (SSSR count). The Kier molecular flexibility index (Phi) is 7.74. The fourth-order valence-electron chi connectivity index (χ4n) is 4.00. The second-order valence-electron chi connectivity index (χ2n) is 8.05. The van der Waals surface area contributed by atoms with Crippen LogP contribution in [0.15, 0.2) is 65.2 Å². The molecular formula is C24H32N6S. The molecule has 0 unspecified atom stereocenters. The highest BCUT2D eigenvalue weighted by Crippen LogP contribution is 2.20. The average molecular weight is 437 g/mol. The Morgan fingerprint density at radius 2 is 1.97 bits per heavy atom. The zero-order valence-corrected chi connectivity index (χ0v) is 19.0. The maximum atomic E-state index is 4.39. The summed E-state index contributed by atoms with van der Waals surface area (Å²) in [6, 6.07) is 14.9. The monoisotopic (exact) mass is 436 g/mol. The van der Waals surface area contributed by atoms with Gasteiger partial charge in [0, 0.05) is 44.0 Å². The highest BCUT2D eigenvalue weighted by Gasteiger charge is 2.19. The van der Waals surface area contributed by atoms with Gasteiger partial charge in [-0.2, -0.15) is 5.10 Å². The molecule has 0 aliphatic carbocycles. The highest BCUT2D eigenvalue weighted by molar-refractivity contribution is 7.09. The maximum absolute atomic E-state index is 4.39. The van der Waals surface area contributed by atoms with E-state index in [-0.39, 0.29) is 0 Å². The summed E-state index contributed by atoms with van der Waals surface area (Å²) >= 11 is 1.86. The van der Waals surface area contributed by atoms with Crippen molar-refractivity contribution in [3.8, 4) is 5.69 Å². The van der Waals surface area contributed by atoms with Crippen molar-refractivity contribution in [2.24, 2.45) is 10.9 Å². The van der Waals surface area contributed by atoms with E-state index in [9.17, 15) is 0 Å².